The number of nitrogens with zero attached hydrogens (tertiary/aromatic N) is 5. The molecule has 0 radical (unpaired) electrons. The van der Waals surface area contributed by atoms with Gasteiger partial charge in [0, 0.05) is 7.05 Å². The van der Waals surface area contributed by atoms with Crippen molar-refractivity contribution >= 4 is 0 Å². The molecular weight excluding hydrogens is 182 g/mol. The monoisotopic (exact) mass is 193 g/mol. The number of aromatic amines is 1. The molecule has 0 spiro atoms. The fourth-order valence-corrected chi connectivity index (χ4v) is 1.28. The van der Waals surface area contributed by atoms with E-state index in [1.165, 1.54) is 6.33 Å². The first-order valence-electron chi connectivity index (χ1n) is 4.20. The van der Waals surface area contributed by atoms with Gasteiger partial charge in [-0.1, -0.05) is 5.21 Å². The highest BCUT2D eigenvalue weighted by Crippen LogP contribution is 2.13. The van der Waals surface area contributed by atoms with Crippen LogP contribution in [-0.4, -0.2) is 37.2 Å². The van der Waals surface area contributed by atoms with Gasteiger partial charge in [-0.2, -0.15) is 5.10 Å². The normalized spacial score (nSPS) is 13.0. The van der Waals surface area contributed by atoms with E-state index in [1.54, 1.807) is 4.68 Å². The van der Waals surface area contributed by atoms with Gasteiger partial charge in [-0.3, -0.25) is 9.78 Å². The summed E-state index contributed by atoms with van der Waals surface area (Å²) in [7, 11) is 3.66. The second-order valence-electron chi connectivity index (χ2n) is 2.91. The standard InChI is InChI=1S/C7H11N7/c1-8-6(7-9-4-10-12-7)5-3-14(2)13-11-5/h3-4,6,8H,1-2H3,(H,9,10,12). The molecule has 7 nitrogen and oxygen atoms in total. The Morgan fingerprint density at radius 3 is 2.93 bits per heavy atom. The molecule has 74 valence electrons. The second-order valence-corrected chi connectivity index (χ2v) is 2.91. The third-order valence-electron chi connectivity index (χ3n) is 1.91. The van der Waals surface area contributed by atoms with E-state index < -0.39 is 0 Å². The van der Waals surface area contributed by atoms with Gasteiger partial charge in [0.25, 0.3) is 0 Å². The van der Waals surface area contributed by atoms with Gasteiger partial charge >= 0.3 is 0 Å². The highest BCUT2D eigenvalue weighted by Gasteiger charge is 2.17. The van der Waals surface area contributed by atoms with E-state index in [-0.39, 0.29) is 6.04 Å². The first-order valence-corrected chi connectivity index (χ1v) is 4.20. The Labute approximate surface area is 80.5 Å². The highest BCUT2D eigenvalue weighted by atomic mass is 15.4. The average molecular weight is 193 g/mol. The summed E-state index contributed by atoms with van der Waals surface area (Å²) in [6, 6.07) is -0.0915. The van der Waals surface area contributed by atoms with Gasteiger partial charge in [0.1, 0.15) is 23.9 Å². The third kappa shape index (κ3) is 1.49. The zero-order chi connectivity index (χ0) is 9.97. The molecule has 0 aliphatic rings. The minimum absolute atomic E-state index is 0.0915. The molecule has 0 saturated heterocycles. The largest absolute Gasteiger partial charge is 0.305 e. The molecule has 7 heteroatoms. The Kier molecular flexibility index (Phi) is 2.23. The highest BCUT2D eigenvalue weighted by molar-refractivity contribution is 5.11. The zero-order valence-electron chi connectivity index (χ0n) is 7.97. The number of hydrogen-bond acceptors (Lipinski definition) is 5. The molecule has 2 N–H and O–H groups in total. The molecule has 2 heterocycles. The van der Waals surface area contributed by atoms with E-state index in [0.717, 1.165) is 11.5 Å². The fourth-order valence-electron chi connectivity index (χ4n) is 1.28. The van der Waals surface area contributed by atoms with Crippen molar-refractivity contribution in [1.29, 1.82) is 0 Å². The van der Waals surface area contributed by atoms with Crippen LogP contribution in [0.25, 0.3) is 0 Å². The Morgan fingerprint density at radius 2 is 2.43 bits per heavy atom. The number of hydrogen-bond donors (Lipinski definition) is 2. The minimum atomic E-state index is -0.0915. The van der Waals surface area contributed by atoms with Crippen LogP contribution in [0.4, 0.5) is 0 Å². The van der Waals surface area contributed by atoms with Crippen molar-refractivity contribution in [1.82, 2.24) is 35.5 Å². The Bertz CT molecular complexity index is 390. The van der Waals surface area contributed by atoms with Crippen LogP contribution in [0.2, 0.25) is 0 Å². The van der Waals surface area contributed by atoms with E-state index in [1.807, 2.05) is 20.3 Å². The first kappa shape index (κ1) is 8.82. The first-order chi connectivity index (χ1) is 6.81. The molecule has 0 bridgehead atoms. The molecule has 2 aromatic heterocycles. The summed E-state index contributed by atoms with van der Waals surface area (Å²) < 4.78 is 1.65. The summed E-state index contributed by atoms with van der Waals surface area (Å²) in [5.41, 5.74) is 0.812. The van der Waals surface area contributed by atoms with Crippen LogP contribution in [0.15, 0.2) is 12.5 Å². The summed E-state index contributed by atoms with van der Waals surface area (Å²) in [5.74, 6) is 0.730. The molecule has 0 saturated carbocycles. The predicted octanol–water partition coefficient (Wildman–Crippen LogP) is -0.758. The van der Waals surface area contributed by atoms with Crippen LogP contribution in [0.5, 0.6) is 0 Å². The maximum Gasteiger partial charge on any atom is 0.147 e. The lowest BCUT2D eigenvalue weighted by Gasteiger charge is -2.08. The lowest BCUT2D eigenvalue weighted by Crippen LogP contribution is -2.19. The van der Waals surface area contributed by atoms with Crippen molar-refractivity contribution in [3.63, 3.8) is 0 Å². The lowest BCUT2D eigenvalue weighted by molar-refractivity contribution is 0.628. The minimum Gasteiger partial charge on any atom is -0.305 e. The van der Waals surface area contributed by atoms with Crippen LogP contribution in [0.1, 0.15) is 17.6 Å². The van der Waals surface area contributed by atoms with Crippen molar-refractivity contribution in [3.05, 3.63) is 24.0 Å². The van der Waals surface area contributed by atoms with Crippen LogP contribution in [-0.2, 0) is 7.05 Å². The number of rotatable bonds is 3. The van der Waals surface area contributed by atoms with E-state index in [0.29, 0.717) is 0 Å². The fraction of sp³-hybridized carbons (Fsp3) is 0.429. The second kappa shape index (κ2) is 3.54. The maximum absolute atomic E-state index is 4.07. The Morgan fingerprint density at radius 1 is 1.57 bits per heavy atom. The average Bonchev–Trinajstić information content (AvgIpc) is 2.79. The zero-order valence-corrected chi connectivity index (χ0v) is 7.97. The quantitative estimate of drug-likeness (QED) is 0.669. The molecular formula is C7H11N7. The van der Waals surface area contributed by atoms with Crippen molar-refractivity contribution < 1.29 is 0 Å². The van der Waals surface area contributed by atoms with Gasteiger partial charge in [-0.25, -0.2) is 4.98 Å². The molecule has 1 unspecified atom stereocenters. The summed E-state index contributed by atoms with van der Waals surface area (Å²) in [6.45, 7) is 0. The number of H-pyrrole nitrogens is 1. The molecule has 0 aliphatic heterocycles. The summed E-state index contributed by atoms with van der Waals surface area (Å²) in [6.07, 6.45) is 3.31. The molecule has 0 amide bonds. The van der Waals surface area contributed by atoms with E-state index >= 15 is 0 Å². The Hall–Kier alpha value is -1.76. The predicted molar refractivity (Wildman–Crippen MR) is 48.3 cm³/mol. The molecule has 0 aromatic carbocycles. The van der Waals surface area contributed by atoms with Crippen molar-refractivity contribution in [2.24, 2.45) is 7.05 Å². The molecule has 2 rings (SSSR count). The number of aryl methyl sites for hydroxylation is 1. The van der Waals surface area contributed by atoms with Gasteiger partial charge in [0.15, 0.2) is 0 Å². The van der Waals surface area contributed by atoms with E-state index in [2.05, 4.69) is 30.8 Å². The molecule has 0 aliphatic carbocycles. The van der Waals surface area contributed by atoms with Gasteiger partial charge in [0.2, 0.25) is 0 Å². The van der Waals surface area contributed by atoms with Crippen LogP contribution in [0.3, 0.4) is 0 Å². The molecule has 2 aromatic rings. The van der Waals surface area contributed by atoms with Crippen LogP contribution < -0.4 is 5.32 Å². The Balaban J connectivity index is 2.31. The van der Waals surface area contributed by atoms with Gasteiger partial charge in [0.05, 0.1) is 6.20 Å². The van der Waals surface area contributed by atoms with Gasteiger partial charge in [-0.05, 0) is 7.05 Å². The molecule has 0 fully saturated rings. The lowest BCUT2D eigenvalue weighted by atomic mass is 10.2. The van der Waals surface area contributed by atoms with Gasteiger partial charge < -0.3 is 5.32 Å². The van der Waals surface area contributed by atoms with E-state index in [9.17, 15) is 0 Å². The summed E-state index contributed by atoms with van der Waals surface area (Å²) in [4.78, 5) is 4.07. The number of aromatic nitrogens is 6. The van der Waals surface area contributed by atoms with E-state index in [4.69, 9.17) is 0 Å². The molecule has 14 heavy (non-hydrogen) atoms. The van der Waals surface area contributed by atoms with Crippen LogP contribution in [0, 0.1) is 0 Å². The van der Waals surface area contributed by atoms with Crippen molar-refractivity contribution in [2.45, 2.75) is 6.04 Å². The topological polar surface area (TPSA) is 84.3 Å². The van der Waals surface area contributed by atoms with Gasteiger partial charge in [-0.15, -0.1) is 5.10 Å². The summed E-state index contributed by atoms with van der Waals surface area (Å²) in [5, 5.41) is 17.5. The maximum atomic E-state index is 4.07. The van der Waals surface area contributed by atoms with Crippen molar-refractivity contribution in [2.75, 3.05) is 7.05 Å². The molecule has 1 atom stereocenters. The van der Waals surface area contributed by atoms with Crippen molar-refractivity contribution in [3.8, 4) is 0 Å². The third-order valence-corrected chi connectivity index (χ3v) is 1.91. The summed E-state index contributed by atoms with van der Waals surface area (Å²) >= 11 is 0. The smallest absolute Gasteiger partial charge is 0.147 e. The van der Waals surface area contributed by atoms with Crippen LogP contribution >= 0.6 is 0 Å². The SMILES string of the molecule is CNC(c1cn(C)nn1)c1ncn[nH]1. The number of nitrogens with one attached hydrogen (secondary N) is 2.